The van der Waals surface area contributed by atoms with Crippen LogP contribution in [-0.4, -0.2) is 19.9 Å². The minimum absolute atomic E-state index is 0.192. The molecule has 0 aliphatic rings. The Morgan fingerprint density at radius 3 is 2.16 bits per heavy atom. The van der Waals surface area contributed by atoms with E-state index >= 15 is 8.78 Å². The summed E-state index contributed by atoms with van der Waals surface area (Å²) < 4.78 is 30.1. The zero-order chi connectivity index (χ0) is 25.8. The first-order chi connectivity index (χ1) is 18.0. The summed E-state index contributed by atoms with van der Waals surface area (Å²) in [6, 6.07) is 19.5. The van der Waals surface area contributed by atoms with Gasteiger partial charge in [0.25, 0.3) is 0 Å². The fourth-order valence-corrected chi connectivity index (χ4v) is 3.74. The Bertz CT molecular complexity index is 1610. The molecule has 180 valence electrons. The van der Waals surface area contributed by atoms with Crippen molar-refractivity contribution < 1.29 is 8.78 Å². The predicted octanol–water partition coefficient (Wildman–Crippen LogP) is 6.89. The van der Waals surface area contributed by atoms with Gasteiger partial charge >= 0.3 is 0 Å². The van der Waals surface area contributed by atoms with Crippen LogP contribution in [-0.2, 0) is 0 Å². The van der Waals surface area contributed by atoms with E-state index in [-0.39, 0.29) is 17.5 Å². The van der Waals surface area contributed by atoms with E-state index in [0.717, 1.165) is 5.56 Å². The van der Waals surface area contributed by atoms with Gasteiger partial charge in [-0.1, -0.05) is 11.6 Å². The first-order valence-corrected chi connectivity index (χ1v) is 11.3. The average molecular weight is 512 g/mol. The van der Waals surface area contributed by atoms with Crippen LogP contribution in [0.5, 0.6) is 0 Å². The van der Waals surface area contributed by atoms with Gasteiger partial charge in [-0.3, -0.25) is 4.98 Å². The van der Waals surface area contributed by atoms with Gasteiger partial charge in [0.05, 0.1) is 17.3 Å². The van der Waals surface area contributed by atoms with E-state index in [1.165, 1.54) is 24.4 Å². The molecule has 0 aliphatic heterocycles. The van der Waals surface area contributed by atoms with Crippen LogP contribution in [0.1, 0.15) is 5.56 Å². The SMILES string of the molecule is N#Cc1ccc(Nc2nccc(Nc3c(F)cc(-c4ccnc(-c5ccnc(Cl)c5)c4)cc3F)n2)cc1. The number of hydrogen-bond donors (Lipinski definition) is 2. The number of benzene rings is 2. The van der Waals surface area contributed by atoms with Gasteiger partial charge in [0.15, 0.2) is 0 Å². The predicted molar refractivity (Wildman–Crippen MR) is 138 cm³/mol. The summed E-state index contributed by atoms with van der Waals surface area (Å²) in [5.74, 6) is -1.17. The largest absolute Gasteiger partial charge is 0.335 e. The highest BCUT2D eigenvalue weighted by atomic mass is 35.5. The van der Waals surface area contributed by atoms with E-state index in [2.05, 4.69) is 30.6 Å². The second-order valence-electron chi connectivity index (χ2n) is 7.82. The van der Waals surface area contributed by atoms with Crippen LogP contribution in [0.4, 0.5) is 31.9 Å². The molecular weight excluding hydrogens is 496 g/mol. The van der Waals surface area contributed by atoms with Crippen molar-refractivity contribution >= 4 is 34.7 Å². The first-order valence-electron chi connectivity index (χ1n) is 10.9. The molecule has 37 heavy (non-hydrogen) atoms. The van der Waals surface area contributed by atoms with Crippen LogP contribution in [0.15, 0.2) is 85.3 Å². The molecule has 0 spiro atoms. The van der Waals surface area contributed by atoms with Gasteiger partial charge in [-0.25, -0.2) is 18.7 Å². The van der Waals surface area contributed by atoms with Crippen LogP contribution in [0.3, 0.4) is 0 Å². The Morgan fingerprint density at radius 1 is 0.730 bits per heavy atom. The van der Waals surface area contributed by atoms with Crippen LogP contribution < -0.4 is 10.6 Å². The molecule has 0 aliphatic carbocycles. The van der Waals surface area contributed by atoms with E-state index < -0.39 is 11.6 Å². The summed E-state index contributed by atoms with van der Waals surface area (Å²) >= 11 is 5.97. The molecule has 7 nitrogen and oxygen atoms in total. The molecule has 0 amide bonds. The summed E-state index contributed by atoms with van der Waals surface area (Å²) in [6.45, 7) is 0. The summed E-state index contributed by atoms with van der Waals surface area (Å²) in [4.78, 5) is 16.7. The van der Waals surface area contributed by atoms with Gasteiger partial charge in [0, 0.05) is 29.8 Å². The minimum Gasteiger partial charge on any atom is -0.335 e. The number of nitrogens with zero attached hydrogens (tertiary/aromatic N) is 5. The fraction of sp³-hybridized carbons (Fsp3) is 0. The molecule has 0 unspecified atom stereocenters. The molecule has 0 saturated heterocycles. The number of aromatic nitrogens is 4. The lowest BCUT2D eigenvalue weighted by Gasteiger charge is -2.12. The van der Waals surface area contributed by atoms with Crippen molar-refractivity contribution in [2.24, 2.45) is 0 Å². The lowest BCUT2D eigenvalue weighted by molar-refractivity contribution is 0.591. The molecule has 3 aromatic heterocycles. The van der Waals surface area contributed by atoms with E-state index in [1.807, 2.05) is 6.07 Å². The van der Waals surface area contributed by atoms with E-state index in [9.17, 15) is 0 Å². The number of rotatable bonds is 6. The van der Waals surface area contributed by atoms with Crippen molar-refractivity contribution in [3.8, 4) is 28.5 Å². The third-order valence-corrected chi connectivity index (χ3v) is 5.54. The van der Waals surface area contributed by atoms with Gasteiger partial charge in [-0.05, 0) is 77.9 Å². The summed E-state index contributed by atoms with van der Waals surface area (Å²) in [7, 11) is 0. The van der Waals surface area contributed by atoms with E-state index in [4.69, 9.17) is 16.9 Å². The zero-order valence-corrected chi connectivity index (χ0v) is 19.7. The quantitative estimate of drug-likeness (QED) is 0.239. The smallest absolute Gasteiger partial charge is 0.229 e. The highest BCUT2D eigenvalue weighted by molar-refractivity contribution is 6.29. The molecule has 2 aromatic carbocycles. The molecule has 0 saturated carbocycles. The lowest BCUT2D eigenvalue weighted by atomic mass is 10.0. The summed E-state index contributed by atoms with van der Waals surface area (Å²) in [6.07, 6.45) is 4.57. The van der Waals surface area contributed by atoms with E-state index in [0.29, 0.717) is 33.2 Å². The van der Waals surface area contributed by atoms with Crippen molar-refractivity contribution in [3.05, 3.63) is 108 Å². The monoisotopic (exact) mass is 511 g/mol. The molecule has 0 fully saturated rings. The molecule has 0 bridgehead atoms. The number of nitriles is 1. The summed E-state index contributed by atoms with van der Waals surface area (Å²) in [5.41, 5.74) is 3.07. The number of nitrogens with one attached hydrogen (secondary N) is 2. The molecule has 2 N–H and O–H groups in total. The maximum Gasteiger partial charge on any atom is 0.229 e. The number of halogens is 3. The Balaban J connectivity index is 1.38. The standard InChI is InChI=1S/C27H16ClF2N7/c28-24-14-18(6-9-33-24)23-13-17(5-8-32-23)19-11-21(29)26(22(30)12-19)36-25-7-10-34-27(37-25)35-20-3-1-16(15-31)2-4-20/h1-14H,(H2,34,35,36,37). The number of hydrogen-bond acceptors (Lipinski definition) is 7. The van der Waals surface area contributed by atoms with Gasteiger partial charge in [-0.15, -0.1) is 0 Å². The number of pyridine rings is 2. The Morgan fingerprint density at radius 2 is 1.43 bits per heavy atom. The highest BCUT2D eigenvalue weighted by Gasteiger charge is 2.14. The molecular formula is C27H16ClF2N7. The molecule has 3 heterocycles. The van der Waals surface area contributed by atoms with Crippen LogP contribution in [0, 0.1) is 23.0 Å². The molecule has 5 aromatic rings. The van der Waals surface area contributed by atoms with Crippen molar-refractivity contribution in [2.45, 2.75) is 0 Å². The van der Waals surface area contributed by atoms with Crippen molar-refractivity contribution in [1.29, 1.82) is 5.26 Å². The lowest BCUT2D eigenvalue weighted by Crippen LogP contribution is -2.03. The van der Waals surface area contributed by atoms with Gasteiger partial charge in [0.1, 0.15) is 28.3 Å². The van der Waals surface area contributed by atoms with Crippen LogP contribution in [0.2, 0.25) is 5.15 Å². The minimum atomic E-state index is -0.791. The summed E-state index contributed by atoms with van der Waals surface area (Å²) in [5, 5.41) is 14.9. The van der Waals surface area contributed by atoms with Crippen molar-refractivity contribution in [3.63, 3.8) is 0 Å². The Hall–Kier alpha value is -4.94. The van der Waals surface area contributed by atoms with E-state index in [1.54, 1.807) is 60.9 Å². The van der Waals surface area contributed by atoms with Gasteiger partial charge < -0.3 is 10.6 Å². The molecule has 0 atom stereocenters. The van der Waals surface area contributed by atoms with Crippen molar-refractivity contribution in [1.82, 2.24) is 19.9 Å². The normalized spacial score (nSPS) is 10.5. The Labute approximate surface area is 215 Å². The second kappa shape index (κ2) is 10.4. The molecule has 5 rings (SSSR count). The van der Waals surface area contributed by atoms with Crippen LogP contribution >= 0.6 is 11.6 Å². The molecule has 0 radical (unpaired) electrons. The first kappa shape index (κ1) is 23.8. The molecule has 10 heteroatoms. The topological polar surface area (TPSA) is 99.4 Å². The average Bonchev–Trinajstić information content (AvgIpc) is 2.91. The third-order valence-electron chi connectivity index (χ3n) is 5.34. The third kappa shape index (κ3) is 5.50. The number of anilines is 4. The maximum atomic E-state index is 15.0. The van der Waals surface area contributed by atoms with Crippen LogP contribution in [0.25, 0.3) is 22.4 Å². The van der Waals surface area contributed by atoms with Gasteiger partial charge in [-0.2, -0.15) is 10.2 Å². The maximum absolute atomic E-state index is 15.0. The zero-order valence-electron chi connectivity index (χ0n) is 19.0. The Kier molecular flexibility index (Phi) is 6.66. The highest BCUT2D eigenvalue weighted by Crippen LogP contribution is 2.31. The van der Waals surface area contributed by atoms with Gasteiger partial charge in [0.2, 0.25) is 5.95 Å². The fourth-order valence-electron chi connectivity index (χ4n) is 3.56. The van der Waals surface area contributed by atoms with Crippen molar-refractivity contribution in [2.75, 3.05) is 10.6 Å². The second-order valence-corrected chi connectivity index (χ2v) is 8.20.